The van der Waals surface area contributed by atoms with E-state index in [0.29, 0.717) is 37.3 Å². The van der Waals surface area contributed by atoms with Gasteiger partial charge in [0, 0.05) is 26.1 Å². The third kappa shape index (κ3) is 5.80. The SMILES string of the molecule is CC(C)C(C)CNC(=O)N1CCCC(CCC(=O)O)C1. The molecule has 5 nitrogen and oxygen atoms in total. The lowest BCUT2D eigenvalue weighted by Crippen LogP contribution is -2.46. The lowest BCUT2D eigenvalue weighted by molar-refractivity contribution is -0.137. The molecule has 1 fully saturated rings. The van der Waals surface area contributed by atoms with Crippen LogP contribution in [0.4, 0.5) is 4.79 Å². The Balaban J connectivity index is 2.34. The van der Waals surface area contributed by atoms with Crippen LogP contribution in [0.15, 0.2) is 0 Å². The number of urea groups is 1. The van der Waals surface area contributed by atoms with Crippen LogP contribution in [-0.2, 0) is 4.79 Å². The largest absolute Gasteiger partial charge is 0.481 e. The second-order valence-electron chi connectivity index (χ2n) is 6.29. The molecule has 1 aliphatic heterocycles. The second kappa shape index (κ2) is 8.12. The highest BCUT2D eigenvalue weighted by molar-refractivity contribution is 5.74. The van der Waals surface area contributed by atoms with Crippen molar-refractivity contribution in [3.05, 3.63) is 0 Å². The minimum absolute atomic E-state index is 0.00229. The molecule has 116 valence electrons. The highest BCUT2D eigenvalue weighted by Gasteiger charge is 2.24. The van der Waals surface area contributed by atoms with Crippen molar-refractivity contribution in [2.45, 2.75) is 46.5 Å². The minimum Gasteiger partial charge on any atom is -0.481 e. The summed E-state index contributed by atoms with van der Waals surface area (Å²) in [6.07, 6.45) is 2.86. The molecule has 0 aromatic carbocycles. The van der Waals surface area contributed by atoms with E-state index in [1.54, 1.807) is 0 Å². The molecule has 2 unspecified atom stereocenters. The van der Waals surface area contributed by atoms with E-state index < -0.39 is 5.97 Å². The van der Waals surface area contributed by atoms with Crippen molar-refractivity contribution in [1.29, 1.82) is 0 Å². The van der Waals surface area contributed by atoms with Crippen LogP contribution in [0.1, 0.15) is 46.5 Å². The number of rotatable bonds is 6. The fourth-order valence-corrected chi connectivity index (χ4v) is 2.41. The maximum Gasteiger partial charge on any atom is 0.317 e. The van der Waals surface area contributed by atoms with Crippen molar-refractivity contribution in [2.75, 3.05) is 19.6 Å². The zero-order valence-electron chi connectivity index (χ0n) is 12.9. The smallest absolute Gasteiger partial charge is 0.317 e. The van der Waals surface area contributed by atoms with Crippen molar-refractivity contribution in [2.24, 2.45) is 17.8 Å². The fourth-order valence-electron chi connectivity index (χ4n) is 2.41. The number of hydrogen-bond donors (Lipinski definition) is 2. The topological polar surface area (TPSA) is 69.6 Å². The van der Waals surface area contributed by atoms with Crippen molar-refractivity contribution in [1.82, 2.24) is 10.2 Å². The van der Waals surface area contributed by atoms with Gasteiger partial charge in [-0.15, -0.1) is 0 Å². The Kier molecular flexibility index (Phi) is 6.82. The van der Waals surface area contributed by atoms with Crippen molar-refractivity contribution in [3.63, 3.8) is 0 Å². The van der Waals surface area contributed by atoms with Gasteiger partial charge in [-0.05, 0) is 37.0 Å². The third-order valence-electron chi connectivity index (χ3n) is 4.29. The molecule has 0 spiro atoms. The predicted molar refractivity (Wildman–Crippen MR) is 78.6 cm³/mol. The van der Waals surface area contributed by atoms with Crippen LogP contribution in [0.25, 0.3) is 0 Å². The number of likely N-dealkylation sites (tertiary alicyclic amines) is 1. The molecule has 2 atom stereocenters. The number of nitrogens with one attached hydrogen (secondary N) is 1. The number of carbonyl (C=O) groups excluding carboxylic acids is 1. The van der Waals surface area contributed by atoms with Crippen LogP contribution in [0.5, 0.6) is 0 Å². The average Bonchev–Trinajstić information content (AvgIpc) is 2.42. The first-order valence-corrected chi connectivity index (χ1v) is 7.64. The number of piperidine rings is 1. The Morgan fingerprint density at radius 2 is 2.05 bits per heavy atom. The Bertz CT molecular complexity index is 331. The van der Waals surface area contributed by atoms with Gasteiger partial charge in [-0.25, -0.2) is 4.79 Å². The number of carboxylic acid groups (broad SMARTS) is 1. The summed E-state index contributed by atoms with van der Waals surface area (Å²) in [6, 6.07) is -0.00229. The maximum atomic E-state index is 12.1. The van der Waals surface area contributed by atoms with Gasteiger partial charge >= 0.3 is 12.0 Å². The lowest BCUT2D eigenvalue weighted by atomic mass is 9.93. The average molecular weight is 284 g/mol. The van der Waals surface area contributed by atoms with Gasteiger partial charge in [0.15, 0.2) is 0 Å². The molecule has 1 aliphatic rings. The van der Waals surface area contributed by atoms with Crippen LogP contribution in [0.3, 0.4) is 0 Å². The first-order chi connectivity index (χ1) is 9.40. The summed E-state index contributed by atoms with van der Waals surface area (Å²) < 4.78 is 0. The highest BCUT2D eigenvalue weighted by Crippen LogP contribution is 2.21. The number of carboxylic acids is 1. The van der Waals surface area contributed by atoms with Gasteiger partial charge in [0.05, 0.1) is 0 Å². The van der Waals surface area contributed by atoms with Crippen molar-refractivity contribution in [3.8, 4) is 0 Å². The highest BCUT2D eigenvalue weighted by atomic mass is 16.4. The van der Waals surface area contributed by atoms with Gasteiger partial charge in [-0.3, -0.25) is 4.79 Å². The van der Waals surface area contributed by atoms with Gasteiger partial charge in [-0.1, -0.05) is 20.8 Å². The predicted octanol–water partition coefficient (Wildman–Crippen LogP) is 2.56. The van der Waals surface area contributed by atoms with E-state index in [1.165, 1.54) is 0 Å². The van der Waals surface area contributed by atoms with E-state index in [2.05, 4.69) is 26.1 Å². The van der Waals surface area contributed by atoms with E-state index in [-0.39, 0.29) is 12.5 Å². The standard InChI is InChI=1S/C15H28N2O3/c1-11(2)12(3)9-16-15(20)17-8-4-5-13(10-17)6-7-14(18)19/h11-13H,4-10H2,1-3H3,(H,16,20)(H,18,19). The Morgan fingerprint density at radius 1 is 1.35 bits per heavy atom. The molecule has 0 saturated carbocycles. The van der Waals surface area contributed by atoms with Gasteiger partial charge < -0.3 is 15.3 Å². The van der Waals surface area contributed by atoms with Crippen LogP contribution in [0.2, 0.25) is 0 Å². The first-order valence-electron chi connectivity index (χ1n) is 7.64. The summed E-state index contributed by atoms with van der Waals surface area (Å²) in [4.78, 5) is 24.5. The number of amides is 2. The molecule has 0 bridgehead atoms. The van der Waals surface area contributed by atoms with Gasteiger partial charge in [0.2, 0.25) is 0 Å². The molecule has 2 N–H and O–H groups in total. The van der Waals surface area contributed by atoms with Gasteiger partial charge in [0.25, 0.3) is 0 Å². The molecule has 5 heteroatoms. The Hall–Kier alpha value is -1.26. The number of nitrogens with zero attached hydrogens (tertiary/aromatic N) is 1. The zero-order valence-corrected chi connectivity index (χ0v) is 12.9. The van der Waals surface area contributed by atoms with E-state index in [0.717, 1.165) is 19.4 Å². The van der Waals surface area contributed by atoms with Crippen LogP contribution < -0.4 is 5.32 Å². The molecule has 0 aliphatic carbocycles. The van der Waals surface area contributed by atoms with Crippen LogP contribution >= 0.6 is 0 Å². The van der Waals surface area contributed by atoms with E-state index in [9.17, 15) is 9.59 Å². The molecule has 0 aromatic rings. The molecule has 2 amide bonds. The molecule has 20 heavy (non-hydrogen) atoms. The summed E-state index contributed by atoms with van der Waals surface area (Å²) in [5.74, 6) is 0.594. The molecular formula is C15H28N2O3. The molecule has 1 saturated heterocycles. The minimum atomic E-state index is -0.752. The third-order valence-corrected chi connectivity index (χ3v) is 4.29. The Morgan fingerprint density at radius 3 is 2.65 bits per heavy atom. The van der Waals surface area contributed by atoms with Crippen LogP contribution in [-0.4, -0.2) is 41.6 Å². The second-order valence-corrected chi connectivity index (χ2v) is 6.29. The van der Waals surface area contributed by atoms with Crippen LogP contribution in [0, 0.1) is 17.8 Å². The summed E-state index contributed by atoms with van der Waals surface area (Å²) in [5, 5.41) is 11.7. The van der Waals surface area contributed by atoms with E-state index >= 15 is 0 Å². The summed E-state index contributed by atoms with van der Waals surface area (Å²) in [6.45, 7) is 8.61. The van der Waals surface area contributed by atoms with Gasteiger partial charge in [-0.2, -0.15) is 0 Å². The monoisotopic (exact) mass is 284 g/mol. The quantitative estimate of drug-likeness (QED) is 0.787. The van der Waals surface area contributed by atoms with Gasteiger partial charge in [0.1, 0.15) is 0 Å². The maximum absolute atomic E-state index is 12.1. The summed E-state index contributed by atoms with van der Waals surface area (Å²) in [5.41, 5.74) is 0. The Labute approximate surface area is 121 Å². The van der Waals surface area contributed by atoms with E-state index in [1.807, 2.05) is 4.90 Å². The van der Waals surface area contributed by atoms with Crippen molar-refractivity contribution < 1.29 is 14.7 Å². The molecular weight excluding hydrogens is 256 g/mol. The normalized spacial score (nSPS) is 20.8. The summed E-state index contributed by atoms with van der Waals surface area (Å²) in [7, 11) is 0. The summed E-state index contributed by atoms with van der Waals surface area (Å²) >= 11 is 0. The number of carbonyl (C=O) groups is 2. The molecule has 0 aromatic heterocycles. The van der Waals surface area contributed by atoms with Crippen molar-refractivity contribution >= 4 is 12.0 Å². The number of hydrogen-bond acceptors (Lipinski definition) is 2. The molecule has 1 rings (SSSR count). The van der Waals surface area contributed by atoms with E-state index in [4.69, 9.17) is 5.11 Å². The fraction of sp³-hybridized carbons (Fsp3) is 0.867. The lowest BCUT2D eigenvalue weighted by Gasteiger charge is -2.33. The molecule has 1 heterocycles. The first kappa shape index (κ1) is 16.8. The molecule has 0 radical (unpaired) electrons. The number of aliphatic carboxylic acids is 1. The zero-order chi connectivity index (χ0) is 15.1.